The summed E-state index contributed by atoms with van der Waals surface area (Å²) < 4.78 is 0. The van der Waals surface area contributed by atoms with E-state index in [9.17, 15) is 0 Å². The molecule has 1 atom stereocenters. The molecule has 0 spiro atoms. The van der Waals surface area contributed by atoms with Gasteiger partial charge in [-0.05, 0) is 45.1 Å². The molecular weight excluding hydrogens is 248 g/mol. The summed E-state index contributed by atoms with van der Waals surface area (Å²) in [4.78, 5) is 11.6. The summed E-state index contributed by atoms with van der Waals surface area (Å²) in [5.41, 5.74) is 2.28. The van der Waals surface area contributed by atoms with Gasteiger partial charge < -0.3 is 10.2 Å². The molecule has 20 heavy (non-hydrogen) atoms. The lowest BCUT2D eigenvalue weighted by molar-refractivity contribution is 0.351. The Balaban J connectivity index is 2.06. The molecule has 0 radical (unpaired) electrons. The predicted octanol–water partition coefficient (Wildman–Crippen LogP) is 2.77. The van der Waals surface area contributed by atoms with Crippen molar-refractivity contribution in [2.75, 3.05) is 25.0 Å². The molecule has 1 aromatic heterocycles. The van der Waals surface area contributed by atoms with E-state index in [1.807, 2.05) is 13.2 Å². The molecule has 2 rings (SSSR count). The van der Waals surface area contributed by atoms with E-state index in [0.29, 0.717) is 0 Å². The quantitative estimate of drug-likeness (QED) is 0.918. The second-order valence-electron chi connectivity index (χ2n) is 6.23. The van der Waals surface area contributed by atoms with Gasteiger partial charge in [0.15, 0.2) is 0 Å². The van der Waals surface area contributed by atoms with Crippen LogP contribution < -0.4 is 10.2 Å². The molecule has 1 aliphatic heterocycles. The fraction of sp³-hybridized carbons (Fsp3) is 0.750. The fourth-order valence-corrected chi connectivity index (χ4v) is 2.98. The van der Waals surface area contributed by atoms with Gasteiger partial charge in [0.25, 0.3) is 0 Å². The molecule has 1 saturated heterocycles. The molecule has 0 saturated carbocycles. The SMILES string of the molecule is CNCc1cnc(N2CCCC(C(C)C)CC2)nc1C. The fourth-order valence-electron chi connectivity index (χ4n) is 2.98. The molecule has 1 aliphatic rings. The second-order valence-corrected chi connectivity index (χ2v) is 6.23. The van der Waals surface area contributed by atoms with E-state index in [0.717, 1.165) is 43.1 Å². The Hall–Kier alpha value is -1.16. The van der Waals surface area contributed by atoms with Crippen LogP contribution in [0.4, 0.5) is 5.95 Å². The first-order chi connectivity index (χ1) is 9.61. The van der Waals surface area contributed by atoms with Crippen molar-refractivity contribution in [2.24, 2.45) is 11.8 Å². The molecule has 0 aliphatic carbocycles. The molecule has 112 valence electrons. The number of aromatic nitrogens is 2. The summed E-state index contributed by atoms with van der Waals surface area (Å²) >= 11 is 0. The molecule has 1 aromatic rings. The second kappa shape index (κ2) is 7.02. The van der Waals surface area contributed by atoms with Crippen LogP contribution in [0.25, 0.3) is 0 Å². The van der Waals surface area contributed by atoms with Crippen molar-refractivity contribution in [1.82, 2.24) is 15.3 Å². The Kier molecular flexibility index (Phi) is 5.35. The molecule has 1 N–H and O–H groups in total. The number of nitrogens with one attached hydrogen (secondary N) is 1. The predicted molar refractivity (Wildman–Crippen MR) is 83.9 cm³/mol. The van der Waals surface area contributed by atoms with E-state index < -0.39 is 0 Å². The molecule has 1 unspecified atom stereocenters. The maximum Gasteiger partial charge on any atom is 0.225 e. The van der Waals surface area contributed by atoms with Crippen molar-refractivity contribution in [3.8, 4) is 0 Å². The maximum absolute atomic E-state index is 4.70. The Labute approximate surface area is 123 Å². The van der Waals surface area contributed by atoms with Crippen LogP contribution in [0.3, 0.4) is 0 Å². The van der Waals surface area contributed by atoms with Crippen LogP contribution in [0, 0.1) is 18.8 Å². The van der Waals surface area contributed by atoms with E-state index in [1.165, 1.54) is 24.8 Å². The van der Waals surface area contributed by atoms with E-state index in [2.05, 4.69) is 36.0 Å². The highest BCUT2D eigenvalue weighted by Gasteiger charge is 2.21. The minimum atomic E-state index is 0.788. The van der Waals surface area contributed by atoms with Gasteiger partial charge in [-0.1, -0.05) is 13.8 Å². The lowest BCUT2D eigenvalue weighted by atomic mass is 9.89. The van der Waals surface area contributed by atoms with Gasteiger partial charge in [0.05, 0.1) is 0 Å². The van der Waals surface area contributed by atoms with Gasteiger partial charge in [-0.2, -0.15) is 0 Å². The van der Waals surface area contributed by atoms with Gasteiger partial charge in [0, 0.05) is 37.1 Å². The topological polar surface area (TPSA) is 41.1 Å². The van der Waals surface area contributed by atoms with Crippen LogP contribution in [-0.2, 0) is 6.54 Å². The first kappa shape index (κ1) is 15.2. The van der Waals surface area contributed by atoms with Crippen LogP contribution in [-0.4, -0.2) is 30.1 Å². The number of aryl methyl sites for hydroxylation is 1. The first-order valence-electron chi connectivity index (χ1n) is 7.84. The van der Waals surface area contributed by atoms with Gasteiger partial charge in [0.2, 0.25) is 5.95 Å². The minimum Gasteiger partial charge on any atom is -0.341 e. The van der Waals surface area contributed by atoms with Crippen LogP contribution in [0.15, 0.2) is 6.20 Å². The summed E-state index contributed by atoms with van der Waals surface area (Å²) in [7, 11) is 1.95. The lowest BCUT2D eigenvalue weighted by Gasteiger charge is -2.22. The van der Waals surface area contributed by atoms with Crippen LogP contribution in [0.1, 0.15) is 44.4 Å². The van der Waals surface area contributed by atoms with Gasteiger partial charge in [-0.3, -0.25) is 0 Å². The van der Waals surface area contributed by atoms with Crippen LogP contribution >= 0.6 is 0 Å². The molecule has 4 heteroatoms. The largest absolute Gasteiger partial charge is 0.341 e. The number of hydrogen-bond donors (Lipinski definition) is 1. The minimum absolute atomic E-state index is 0.788. The smallest absolute Gasteiger partial charge is 0.225 e. The highest BCUT2D eigenvalue weighted by molar-refractivity contribution is 5.33. The Morgan fingerprint density at radius 3 is 2.80 bits per heavy atom. The van der Waals surface area contributed by atoms with Gasteiger partial charge in [-0.25, -0.2) is 9.97 Å². The summed E-state index contributed by atoms with van der Waals surface area (Å²) in [5, 5.41) is 3.16. The standard InChI is InChI=1S/C16H28N4/c1-12(2)14-6-5-8-20(9-7-14)16-18-11-15(10-17-4)13(3)19-16/h11-12,14,17H,5-10H2,1-4H3. The van der Waals surface area contributed by atoms with E-state index in [4.69, 9.17) is 4.98 Å². The number of rotatable bonds is 4. The molecule has 0 aromatic carbocycles. The summed E-state index contributed by atoms with van der Waals surface area (Å²) in [5.74, 6) is 2.55. The van der Waals surface area contributed by atoms with Crippen molar-refractivity contribution in [3.05, 3.63) is 17.5 Å². The van der Waals surface area contributed by atoms with E-state index in [-0.39, 0.29) is 0 Å². The van der Waals surface area contributed by atoms with Crippen molar-refractivity contribution in [2.45, 2.75) is 46.6 Å². The lowest BCUT2D eigenvalue weighted by Crippen LogP contribution is -2.27. The summed E-state index contributed by atoms with van der Waals surface area (Å²) in [6.07, 6.45) is 5.83. The molecule has 0 amide bonds. The first-order valence-corrected chi connectivity index (χ1v) is 7.84. The average Bonchev–Trinajstić information content (AvgIpc) is 2.67. The zero-order valence-electron chi connectivity index (χ0n) is 13.3. The average molecular weight is 276 g/mol. The summed E-state index contributed by atoms with van der Waals surface area (Å²) in [6.45, 7) is 9.77. The van der Waals surface area contributed by atoms with Crippen LogP contribution in [0.5, 0.6) is 0 Å². The molecule has 0 bridgehead atoms. The Morgan fingerprint density at radius 2 is 2.15 bits per heavy atom. The number of nitrogens with zero attached hydrogens (tertiary/aromatic N) is 3. The van der Waals surface area contributed by atoms with Gasteiger partial charge >= 0.3 is 0 Å². The monoisotopic (exact) mass is 276 g/mol. The third-order valence-electron chi connectivity index (χ3n) is 4.43. The third kappa shape index (κ3) is 3.69. The van der Waals surface area contributed by atoms with Crippen molar-refractivity contribution in [1.29, 1.82) is 0 Å². The molecule has 4 nitrogen and oxygen atoms in total. The van der Waals surface area contributed by atoms with Gasteiger partial charge in [0.1, 0.15) is 0 Å². The molecule has 2 heterocycles. The maximum atomic E-state index is 4.70. The van der Waals surface area contributed by atoms with Gasteiger partial charge in [-0.15, -0.1) is 0 Å². The van der Waals surface area contributed by atoms with Crippen molar-refractivity contribution >= 4 is 5.95 Å². The Bertz CT molecular complexity index is 430. The normalized spacial score (nSPS) is 20.2. The highest BCUT2D eigenvalue weighted by Crippen LogP contribution is 2.26. The van der Waals surface area contributed by atoms with Crippen molar-refractivity contribution in [3.63, 3.8) is 0 Å². The molecular formula is C16H28N4. The number of hydrogen-bond acceptors (Lipinski definition) is 4. The van der Waals surface area contributed by atoms with Crippen LogP contribution in [0.2, 0.25) is 0 Å². The zero-order chi connectivity index (χ0) is 14.5. The van der Waals surface area contributed by atoms with Crippen molar-refractivity contribution < 1.29 is 0 Å². The van der Waals surface area contributed by atoms with E-state index in [1.54, 1.807) is 0 Å². The zero-order valence-corrected chi connectivity index (χ0v) is 13.3. The Morgan fingerprint density at radius 1 is 1.35 bits per heavy atom. The molecule has 1 fully saturated rings. The van der Waals surface area contributed by atoms with E-state index >= 15 is 0 Å². The number of anilines is 1. The highest BCUT2D eigenvalue weighted by atomic mass is 15.2. The summed E-state index contributed by atoms with van der Waals surface area (Å²) in [6, 6.07) is 0. The third-order valence-corrected chi connectivity index (χ3v) is 4.43.